The molecule has 0 aliphatic carbocycles. The van der Waals surface area contributed by atoms with Gasteiger partial charge in [0.2, 0.25) is 0 Å². The number of benzene rings is 16. The van der Waals surface area contributed by atoms with Crippen molar-refractivity contribution in [2.45, 2.75) is 91.4 Å². The molecule has 16 aromatic carbocycles. The monoisotopic (exact) mass is 2050 g/mol. The third kappa shape index (κ3) is 36.0. The predicted molar refractivity (Wildman–Crippen MR) is 591 cm³/mol. The Morgan fingerprint density at radius 3 is 0.436 bits per heavy atom. The first kappa shape index (κ1) is 113. The molecule has 10 nitrogen and oxygen atoms in total. The summed E-state index contributed by atoms with van der Waals surface area (Å²) < 4.78 is 9.17. The van der Waals surface area contributed by atoms with Crippen LogP contribution in [0.1, 0.15) is 123 Å². The van der Waals surface area contributed by atoms with E-state index in [2.05, 4.69) is 404 Å². The Morgan fingerprint density at radius 2 is 0.329 bits per heavy atom. The summed E-state index contributed by atoms with van der Waals surface area (Å²) in [5.41, 5.74) is 0.880. The number of unbranched alkanes of at least 4 members (excludes halogenated alkanes) is 3. The number of carbonyl (C=O) groups is 4. The third-order valence-corrected chi connectivity index (χ3v) is 40.8. The molecule has 0 saturated carbocycles. The van der Waals surface area contributed by atoms with E-state index in [9.17, 15) is 39.6 Å². The van der Waals surface area contributed by atoms with E-state index in [0.717, 1.165) is 0 Å². The molecule has 0 bridgehead atoms. The summed E-state index contributed by atoms with van der Waals surface area (Å²) in [7, 11) is -7.36. The molecule has 0 saturated heterocycles. The van der Waals surface area contributed by atoms with Crippen molar-refractivity contribution in [1.82, 2.24) is 0 Å². The van der Waals surface area contributed by atoms with Gasteiger partial charge in [-0.15, -0.1) is 0 Å². The molecule has 18 heteroatoms. The first-order valence-electron chi connectivity index (χ1n) is 46.2. The zero-order valence-electron chi connectivity index (χ0n) is 80.1. The number of furan rings is 2. The number of hydrogen-bond acceptors (Lipinski definition) is 10. The number of hydrogen-bond donors (Lipinski definition) is 0. The zero-order valence-corrected chi connectivity index (χ0v) is 88.2. The molecule has 140 heavy (non-hydrogen) atoms. The number of carboxylic acid groups (broad SMARTS) is 4. The van der Waals surface area contributed by atoms with Crippen molar-refractivity contribution in [3.05, 3.63) is 533 Å². The van der Waals surface area contributed by atoms with E-state index < -0.39 is 71.4 Å². The Balaban J connectivity index is 0.000000225. The molecule has 2 radical (unpaired) electrons. The summed E-state index contributed by atoms with van der Waals surface area (Å²) in [6, 6.07) is 167. The Bertz CT molecular complexity index is 5510. The van der Waals surface area contributed by atoms with Gasteiger partial charge in [-0.3, -0.25) is 0 Å². The van der Waals surface area contributed by atoms with Crippen LogP contribution in [-0.4, -0.2) is 34.2 Å². The fourth-order valence-electron chi connectivity index (χ4n) is 15.6. The van der Waals surface area contributed by atoms with Crippen LogP contribution in [0.5, 0.6) is 0 Å². The van der Waals surface area contributed by atoms with E-state index in [4.69, 9.17) is 0 Å². The Kier molecular flexibility index (Phi) is 49.9. The van der Waals surface area contributed by atoms with Gasteiger partial charge in [0.05, 0.1) is 75.1 Å². The summed E-state index contributed by atoms with van der Waals surface area (Å²) in [5.74, 6) is -4.52. The van der Waals surface area contributed by atoms with Gasteiger partial charge in [-0.1, -0.05) is 355 Å². The molecule has 18 rings (SSSR count). The average molecular weight is 2050 g/mol. The Labute approximate surface area is 855 Å². The van der Waals surface area contributed by atoms with Gasteiger partial charge in [0.1, 0.15) is 117 Å². The largest absolute Gasteiger partial charge is 2.00 e. The molecule has 0 spiro atoms. The number of aromatic carboxylic acids is 4. The minimum Gasteiger partial charge on any atom is -0.545 e. The smallest absolute Gasteiger partial charge is 0.545 e. The summed E-state index contributed by atoms with van der Waals surface area (Å²) in [5, 5.41) is 64.4. The maximum atomic E-state index is 10.1. The maximum Gasteiger partial charge on any atom is 2.00 e. The van der Waals surface area contributed by atoms with E-state index in [1.54, 1.807) is 119 Å². The minimum atomic E-state index is -1.24. The van der Waals surface area contributed by atoms with E-state index in [0.29, 0.717) is 0 Å². The third-order valence-electron chi connectivity index (χ3n) is 21.7. The van der Waals surface area contributed by atoms with Crippen LogP contribution in [0.3, 0.4) is 0 Å². The molecule has 0 aliphatic rings. The van der Waals surface area contributed by atoms with Crippen LogP contribution >= 0.6 is 47.5 Å². The Morgan fingerprint density at radius 1 is 0.200 bits per heavy atom. The van der Waals surface area contributed by atoms with E-state index in [1.807, 2.05) is 24.3 Å². The first-order valence-corrected chi connectivity index (χ1v) is 55.2. The maximum absolute atomic E-state index is 10.1. The SMILES string of the molecule is CC(C)(C)[PH+](c1ccccc1[PH+](c1ccccc1)c1ccccc1)c1ccccc1[PH+](c1ccccc1)c1ccccc1.CC(C)(C)[PH+](c1ccccc1[PH+](c1ccccc1)c1ccccc1)c1ccccc1[PH+](c1ccccc1)c1ccccc1.CCCCCC.O=C([O-])c1ccccc1.O=C([O-])c1ccccc1.O=C([O-])c1ccccc1.O=C([O-])c1ccccc1.[Co+2].[Co+2].c1ccoc1.c1ccoc1. The van der Waals surface area contributed by atoms with Crippen LogP contribution in [0, 0.1) is 0 Å². The molecule has 18 aromatic rings. The van der Waals surface area contributed by atoms with Gasteiger partial charge in [-0.25, -0.2) is 0 Å². The summed E-state index contributed by atoms with van der Waals surface area (Å²) in [6.45, 7) is 19.2. The van der Waals surface area contributed by atoms with Crippen LogP contribution in [-0.2, 0) is 33.6 Å². The first-order chi connectivity index (χ1) is 67.2. The van der Waals surface area contributed by atoms with E-state index in [-0.39, 0.29) is 66.1 Å². The molecule has 2 heterocycles. The van der Waals surface area contributed by atoms with Gasteiger partial charge in [0.15, 0.2) is 0 Å². The fourth-order valence-corrected chi connectivity index (χ4v) is 35.3. The number of carboxylic acids is 4. The van der Waals surface area contributed by atoms with Crippen LogP contribution in [0.25, 0.3) is 0 Å². The molecule has 2 aromatic heterocycles. The van der Waals surface area contributed by atoms with E-state index in [1.165, 1.54) is 138 Å². The number of rotatable bonds is 23. The van der Waals surface area contributed by atoms with Crippen molar-refractivity contribution in [2.24, 2.45) is 0 Å². The molecule has 0 unspecified atom stereocenters. The summed E-state index contributed by atoms with van der Waals surface area (Å²) in [6.07, 6.45) is 12.0. The molecular weight excluding hydrogens is 1930 g/mol. The summed E-state index contributed by atoms with van der Waals surface area (Å²) in [4.78, 5) is 40.4. The van der Waals surface area contributed by atoms with Crippen molar-refractivity contribution in [2.75, 3.05) is 0 Å². The van der Waals surface area contributed by atoms with E-state index >= 15 is 0 Å². The zero-order chi connectivity index (χ0) is 98.0. The van der Waals surface area contributed by atoms with Crippen LogP contribution in [0.15, 0.2) is 519 Å². The van der Waals surface area contributed by atoms with Gasteiger partial charge in [0, 0.05) is 0 Å². The second-order valence-electron chi connectivity index (χ2n) is 33.8. The number of carbonyl (C=O) groups excluding carboxylic acids is 4. The topological polar surface area (TPSA) is 187 Å². The van der Waals surface area contributed by atoms with Crippen molar-refractivity contribution in [1.29, 1.82) is 0 Å². The second-order valence-corrected chi connectivity index (χ2v) is 50.2. The normalized spacial score (nSPS) is 10.5. The van der Waals surface area contributed by atoms with Crippen LogP contribution < -0.4 is 105 Å². The van der Waals surface area contributed by atoms with Gasteiger partial charge < -0.3 is 48.4 Å². The quantitative estimate of drug-likeness (QED) is 0.0440. The molecule has 0 fully saturated rings. The van der Waals surface area contributed by atoms with Gasteiger partial charge in [0.25, 0.3) is 0 Å². The molecule has 0 amide bonds. The van der Waals surface area contributed by atoms with Crippen LogP contribution in [0.2, 0.25) is 0 Å². The molecule has 0 atom stereocenters. The van der Waals surface area contributed by atoms with Gasteiger partial charge in [-0.05, 0) is 234 Å². The molecule has 712 valence electrons. The fraction of sp³-hybridized carbons (Fsp3) is 0.115. The average Bonchev–Trinajstić information content (AvgIpc) is 0.874. The van der Waals surface area contributed by atoms with Gasteiger partial charge in [-0.2, -0.15) is 0 Å². The molecule has 0 aliphatic heterocycles. The Hall–Kier alpha value is -12.4. The van der Waals surface area contributed by atoms with Crippen molar-refractivity contribution in [3.63, 3.8) is 0 Å². The predicted octanol–water partition coefficient (Wildman–Crippen LogP) is 18.6. The standard InChI is InChI=1S/2C40H37P3.4C7H6O2.C6H14.2C4H4O.2Co/c2*1-40(2,3)43(38-30-18-16-28-36(38)41(32-20-8-4-9-21-32)33-22-10-5-11-23-33)39-31-19-17-29-37(39)42(34-24-12-6-13-25-34)35-26-14-7-15-27-35;4*8-7(9)6-4-2-1-3-5-6;1-3-5-6-4-2;2*1-2-4-5-3-1;;/h2*4-31H,1-3H3;4*1-5H,(H,8,9);3-6H2,1-2H3;2*1-4H;;/q;;;;;;;;;2*+2/p+2. The molecule has 0 N–H and O–H groups in total. The summed E-state index contributed by atoms with van der Waals surface area (Å²) >= 11 is 0. The van der Waals surface area contributed by atoms with Gasteiger partial charge >= 0.3 is 33.6 Å². The van der Waals surface area contributed by atoms with Crippen molar-refractivity contribution >= 4 is 156 Å². The molecular formula is C122H122Co2O10P6+6. The second kappa shape index (κ2) is 61.9. The van der Waals surface area contributed by atoms with Crippen LogP contribution in [0.4, 0.5) is 0 Å². The van der Waals surface area contributed by atoms with Crippen molar-refractivity contribution in [3.8, 4) is 0 Å². The minimum absolute atomic E-state index is 0. The van der Waals surface area contributed by atoms with Crippen molar-refractivity contribution < 1.29 is 82.0 Å².